The molecule has 0 saturated heterocycles. The standard InChI is InChI=1S/C18H23NO2/c1-4-14-9-11-16(12-10-14)19-13-15-7-6-8-17(21-5-2)18(15)20-3/h6-12,19H,4-5,13H2,1-3H3. The lowest BCUT2D eigenvalue weighted by Gasteiger charge is -2.14. The van der Waals surface area contributed by atoms with E-state index in [0.717, 1.165) is 29.2 Å². The van der Waals surface area contributed by atoms with Gasteiger partial charge in [0.05, 0.1) is 13.7 Å². The average molecular weight is 285 g/mol. The van der Waals surface area contributed by atoms with Crippen LogP contribution in [-0.2, 0) is 13.0 Å². The second-order valence-electron chi connectivity index (χ2n) is 4.79. The fourth-order valence-corrected chi connectivity index (χ4v) is 2.26. The van der Waals surface area contributed by atoms with E-state index in [1.54, 1.807) is 7.11 Å². The van der Waals surface area contributed by atoms with Crippen LogP contribution in [0.25, 0.3) is 0 Å². The number of para-hydroxylation sites is 1. The summed E-state index contributed by atoms with van der Waals surface area (Å²) < 4.78 is 11.1. The molecule has 0 fully saturated rings. The summed E-state index contributed by atoms with van der Waals surface area (Å²) in [6.07, 6.45) is 1.06. The minimum Gasteiger partial charge on any atom is -0.493 e. The van der Waals surface area contributed by atoms with E-state index in [4.69, 9.17) is 9.47 Å². The van der Waals surface area contributed by atoms with Gasteiger partial charge in [-0.05, 0) is 37.1 Å². The molecule has 2 aromatic carbocycles. The van der Waals surface area contributed by atoms with Crippen LogP contribution in [0.4, 0.5) is 5.69 Å². The Morgan fingerprint density at radius 3 is 2.38 bits per heavy atom. The van der Waals surface area contributed by atoms with Crippen molar-refractivity contribution in [3.8, 4) is 11.5 Å². The van der Waals surface area contributed by atoms with E-state index < -0.39 is 0 Å². The van der Waals surface area contributed by atoms with Gasteiger partial charge in [0.1, 0.15) is 0 Å². The number of anilines is 1. The lowest BCUT2D eigenvalue weighted by atomic mass is 10.1. The topological polar surface area (TPSA) is 30.5 Å². The number of methoxy groups -OCH3 is 1. The number of hydrogen-bond acceptors (Lipinski definition) is 3. The van der Waals surface area contributed by atoms with Crippen LogP contribution in [0.5, 0.6) is 11.5 Å². The molecular formula is C18H23NO2. The van der Waals surface area contributed by atoms with Crippen LogP contribution in [0.3, 0.4) is 0 Å². The molecule has 112 valence electrons. The van der Waals surface area contributed by atoms with Gasteiger partial charge in [-0.2, -0.15) is 0 Å². The Balaban J connectivity index is 2.09. The third kappa shape index (κ3) is 3.91. The molecule has 0 heterocycles. The maximum absolute atomic E-state index is 5.60. The highest BCUT2D eigenvalue weighted by Crippen LogP contribution is 2.31. The highest BCUT2D eigenvalue weighted by atomic mass is 16.5. The Bertz CT molecular complexity index is 564. The molecule has 0 amide bonds. The molecule has 0 bridgehead atoms. The van der Waals surface area contributed by atoms with Gasteiger partial charge in [-0.15, -0.1) is 0 Å². The van der Waals surface area contributed by atoms with Crippen LogP contribution in [-0.4, -0.2) is 13.7 Å². The molecule has 0 aromatic heterocycles. The normalized spacial score (nSPS) is 10.2. The third-order valence-corrected chi connectivity index (χ3v) is 3.41. The zero-order chi connectivity index (χ0) is 15.1. The molecule has 0 spiro atoms. The summed E-state index contributed by atoms with van der Waals surface area (Å²) in [5.74, 6) is 1.60. The second kappa shape index (κ2) is 7.58. The maximum atomic E-state index is 5.60. The SMILES string of the molecule is CCOc1cccc(CNc2ccc(CC)cc2)c1OC. The molecule has 2 aromatic rings. The Morgan fingerprint density at radius 1 is 1.00 bits per heavy atom. The number of nitrogens with one attached hydrogen (secondary N) is 1. The molecule has 0 aliphatic heterocycles. The molecule has 3 nitrogen and oxygen atoms in total. The molecule has 0 atom stereocenters. The number of ether oxygens (including phenoxy) is 2. The summed E-state index contributed by atoms with van der Waals surface area (Å²) in [7, 11) is 1.68. The molecule has 0 aliphatic rings. The molecule has 21 heavy (non-hydrogen) atoms. The molecule has 2 rings (SSSR count). The zero-order valence-corrected chi connectivity index (χ0v) is 13.0. The molecule has 0 saturated carbocycles. The second-order valence-corrected chi connectivity index (χ2v) is 4.79. The molecule has 0 unspecified atom stereocenters. The van der Waals surface area contributed by atoms with E-state index in [1.165, 1.54) is 5.56 Å². The van der Waals surface area contributed by atoms with Gasteiger partial charge in [0.25, 0.3) is 0 Å². The minimum atomic E-state index is 0.631. The van der Waals surface area contributed by atoms with E-state index >= 15 is 0 Å². The lowest BCUT2D eigenvalue weighted by molar-refractivity contribution is 0.309. The highest BCUT2D eigenvalue weighted by molar-refractivity contribution is 5.50. The Labute approximate surface area is 126 Å². The van der Waals surface area contributed by atoms with Crippen LogP contribution in [0.2, 0.25) is 0 Å². The van der Waals surface area contributed by atoms with E-state index in [0.29, 0.717) is 13.2 Å². The Morgan fingerprint density at radius 2 is 1.76 bits per heavy atom. The summed E-state index contributed by atoms with van der Waals surface area (Å²) in [6.45, 7) is 5.47. The summed E-state index contributed by atoms with van der Waals surface area (Å²) >= 11 is 0. The molecule has 0 aliphatic carbocycles. The largest absolute Gasteiger partial charge is 0.493 e. The van der Waals surface area contributed by atoms with E-state index in [9.17, 15) is 0 Å². The summed E-state index contributed by atoms with van der Waals surface area (Å²) in [4.78, 5) is 0. The predicted octanol–water partition coefficient (Wildman–Crippen LogP) is 4.27. The molecule has 0 radical (unpaired) electrons. The molecular weight excluding hydrogens is 262 g/mol. The van der Waals surface area contributed by atoms with Crippen LogP contribution in [0.1, 0.15) is 25.0 Å². The van der Waals surface area contributed by atoms with Crippen LogP contribution < -0.4 is 14.8 Å². The first kappa shape index (κ1) is 15.2. The number of rotatable bonds is 7. The van der Waals surface area contributed by atoms with Crippen molar-refractivity contribution < 1.29 is 9.47 Å². The van der Waals surface area contributed by atoms with Gasteiger partial charge in [-0.3, -0.25) is 0 Å². The van der Waals surface area contributed by atoms with Crippen LogP contribution in [0, 0.1) is 0 Å². The smallest absolute Gasteiger partial charge is 0.165 e. The first-order valence-electron chi connectivity index (χ1n) is 7.40. The predicted molar refractivity (Wildman–Crippen MR) is 87.3 cm³/mol. The number of benzene rings is 2. The molecule has 3 heteroatoms. The van der Waals surface area contributed by atoms with Crippen molar-refractivity contribution in [1.82, 2.24) is 0 Å². The van der Waals surface area contributed by atoms with Gasteiger partial charge >= 0.3 is 0 Å². The number of aryl methyl sites for hydroxylation is 1. The van der Waals surface area contributed by atoms with Crippen LogP contribution >= 0.6 is 0 Å². The zero-order valence-electron chi connectivity index (χ0n) is 13.0. The van der Waals surface area contributed by atoms with Crippen molar-refractivity contribution >= 4 is 5.69 Å². The quantitative estimate of drug-likeness (QED) is 0.824. The number of hydrogen-bond donors (Lipinski definition) is 1. The monoisotopic (exact) mass is 285 g/mol. The van der Waals surface area contributed by atoms with Crippen molar-refractivity contribution in [1.29, 1.82) is 0 Å². The van der Waals surface area contributed by atoms with Gasteiger partial charge in [0, 0.05) is 17.8 Å². The van der Waals surface area contributed by atoms with Crippen molar-refractivity contribution in [3.05, 3.63) is 53.6 Å². The van der Waals surface area contributed by atoms with Crippen molar-refractivity contribution in [2.75, 3.05) is 19.0 Å². The lowest BCUT2D eigenvalue weighted by Crippen LogP contribution is -2.04. The van der Waals surface area contributed by atoms with Crippen molar-refractivity contribution in [2.45, 2.75) is 26.8 Å². The van der Waals surface area contributed by atoms with E-state index in [-0.39, 0.29) is 0 Å². The average Bonchev–Trinajstić information content (AvgIpc) is 2.54. The van der Waals surface area contributed by atoms with Gasteiger partial charge in [0.2, 0.25) is 0 Å². The van der Waals surface area contributed by atoms with Gasteiger partial charge in [0.15, 0.2) is 11.5 Å². The van der Waals surface area contributed by atoms with Gasteiger partial charge < -0.3 is 14.8 Å². The Kier molecular flexibility index (Phi) is 5.50. The summed E-state index contributed by atoms with van der Waals surface area (Å²) in [5.41, 5.74) is 3.54. The highest BCUT2D eigenvalue weighted by Gasteiger charge is 2.09. The maximum Gasteiger partial charge on any atom is 0.165 e. The fraction of sp³-hybridized carbons (Fsp3) is 0.333. The van der Waals surface area contributed by atoms with Crippen molar-refractivity contribution in [2.24, 2.45) is 0 Å². The van der Waals surface area contributed by atoms with Gasteiger partial charge in [-0.1, -0.05) is 31.2 Å². The Hall–Kier alpha value is -2.16. The first-order chi connectivity index (χ1) is 10.3. The van der Waals surface area contributed by atoms with E-state index in [2.05, 4.69) is 42.6 Å². The third-order valence-electron chi connectivity index (χ3n) is 3.41. The van der Waals surface area contributed by atoms with Crippen molar-refractivity contribution in [3.63, 3.8) is 0 Å². The van der Waals surface area contributed by atoms with Crippen LogP contribution in [0.15, 0.2) is 42.5 Å². The fourth-order valence-electron chi connectivity index (χ4n) is 2.26. The summed E-state index contributed by atoms with van der Waals surface area (Å²) in [5, 5.41) is 3.42. The summed E-state index contributed by atoms with van der Waals surface area (Å²) in [6, 6.07) is 14.5. The van der Waals surface area contributed by atoms with E-state index in [1.807, 2.05) is 19.1 Å². The van der Waals surface area contributed by atoms with Gasteiger partial charge in [-0.25, -0.2) is 0 Å². The molecule has 1 N–H and O–H groups in total. The first-order valence-corrected chi connectivity index (χ1v) is 7.40. The minimum absolute atomic E-state index is 0.631.